The molecule has 0 aromatic heterocycles. The quantitative estimate of drug-likeness (QED) is 0.628. The van der Waals surface area contributed by atoms with E-state index in [0.717, 1.165) is 16.9 Å². The Labute approximate surface area is 130 Å². The number of alkyl halides is 2. The van der Waals surface area contributed by atoms with Crippen LogP contribution >= 0.6 is 23.2 Å². The first kappa shape index (κ1) is 15.2. The van der Waals surface area contributed by atoms with Gasteiger partial charge in [0.1, 0.15) is 17.2 Å². The van der Waals surface area contributed by atoms with Crippen LogP contribution in [-0.2, 0) is 6.61 Å². The molecule has 0 bridgehead atoms. The molecule has 0 aliphatic carbocycles. The highest BCUT2D eigenvalue weighted by Gasteiger charge is 2.11. The molecule has 3 heteroatoms. The van der Waals surface area contributed by atoms with Crippen molar-refractivity contribution in [3.63, 3.8) is 0 Å². The van der Waals surface area contributed by atoms with Gasteiger partial charge in [-0.15, -0.1) is 23.2 Å². The topological polar surface area (TPSA) is 9.23 Å². The summed E-state index contributed by atoms with van der Waals surface area (Å²) in [5, 5.41) is 0. The number of halogens is 2. The van der Waals surface area contributed by atoms with Crippen LogP contribution in [0.2, 0.25) is 0 Å². The largest absolute Gasteiger partial charge is 0.489 e. The fourth-order valence-electron chi connectivity index (χ4n) is 2.12. The average molecular weight is 309 g/mol. The molecule has 0 N–H and O–H groups in total. The van der Waals surface area contributed by atoms with E-state index in [1.54, 1.807) is 0 Å². The van der Waals surface area contributed by atoms with Gasteiger partial charge in [0.2, 0.25) is 0 Å². The van der Waals surface area contributed by atoms with Crippen LogP contribution < -0.4 is 4.74 Å². The summed E-state index contributed by atoms with van der Waals surface area (Å²) in [6.07, 6.45) is 0. The van der Waals surface area contributed by atoms with Crippen LogP contribution in [0.3, 0.4) is 0 Å². The maximum absolute atomic E-state index is 5.98. The lowest BCUT2D eigenvalue weighted by Crippen LogP contribution is -2.02. The first-order valence-corrected chi connectivity index (χ1v) is 7.54. The van der Waals surface area contributed by atoms with Crippen molar-refractivity contribution < 1.29 is 4.74 Å². The van der Waals surface area contributed by atoms with E-state index in [1.807, 2.05) is 42.5 Å². The summed E-state index contributed by atoms with van der Waals surface area (Å²) in [7, 11) is 0. The summed E-state index contributed by atoms with van der Waals surface area (Å²) in [5.74, 6) is 1.34. The molecule has 20 heavy (non-hydrogen) atoms. The highest BCUT2D eigenvalue weighted by Crippen LogP contribution is 2.30. The smallest absolute Gasteiger partial charge is 0.133 e. The molecule has 0 saturated heterocycles. The maximum Gasteiger partial charge on any atom is 0.133 e. The monoisotopic (exact) mass is 308 g/mol. The van der Waals surface area contributed by atoms with Gasteiger partial charge in [-0.1, -0.05) is 56.3 Å². The van der Waals surface area contributed by atoms with Crippen LogP contribution in [0.4, 0.5) is 0 Å². The number of rotatable bonds is 5. The van der Waals surface area contributed by atoms with Crippen LogP contribution in [0.5, 0.6) is 5.75 Å². The van der Waals surface area contributed by atoms with Crippen molar-refractivity contribution in [2.24, 2.45) is 0 Å². The molecule has 0 heterocycles. The van der Waals surface area contributed by atoms with E-state index >= 15 is 0 Å². The first-order valence-electron chi connectivity index (χ1n) is 6.67. The van der Waals surface area contributed by atoms with E-state index in [2.05, 4.69) is 19.9 Å². The van der Waals surface area contributed by atoms with Gasteiger partial charge in [-0.3, -0.25) is 0 Å². The molecular weight excluding hydrogens is 291 g/mol. The number of hydrogen-bond donors (Lipinski definition) is 0. The third-order valence-electron chi connectivity index (χ3n) is 3.21. The second-order valence-corrected chi connectivity index (χ2v) is 6.08. The van der Waals surface area contributed by atoms with Crippen LogP contribution in [0.1, 0.15) is 41.3 Å². The summed E-state index contributed by atoms with van der Waals surface area (Å²) in [6.45, 7) is 4.78. The summed E-state index contributed by atoms with van der Waals surface area (Å²) in [4.78, 5) is -0.532. The van der Waals surface area contributed by atoms with Crippen molar-refractivity contribution in [1.29, 1.82) is 0 Å². The van der Waals surface area contributed by atoms with Crippen LogP contribution in [0.15, 0.2) is 48.5 Å². The minimum absolute atomic E-state index is 0.426. The average Bonchev–Trinajstić information content (AvgIpc) is 2.45. The second-order valence-electron chi connectivity index (χ2n) is 4.98. The first-order chi connectivity index (χ1) is 9.59. The van der Waals surface area contributed by atoms with Crippen molar-refractivity contribution in [2.75, 3.05) is 0 Å². The third kappa shape index (κ3) is 3.68. The molecule has 0 fully saturated rings. The number of para-hydroxylation sites is 1. The maximum atomic E-state index is 5.98. The SMILES string of the molecule is CC(C)c1ccccc1OCc1ccccc1C(Cl)Cl. The zero-order valence-electron chi connectivity index (χ0n) is 11.6. The van der Waals surface area contributed by atoms with Gasteiger partial charge >= 0.3 is 0 Å². The van der Waals surface area contributed by atoms with Crippen molar-refractivity contribution in [2.45, 2.75) is 31.2 Å². The van der Waals surface area contributed by atoms with Crippen LogP contribution in [0, 0.1) is 0 Å². The number of benzene rings is 2. The molecule has 0 aliphatic rings. The highest BCUT2D eigenvalue weighted by molar-refractivity contribution is 6.44. The van der Waals surface area contributed by atoms with Gasteiger partial charge in [-0.25, -0.2) is 0 Å². The van der Waals surface area contributed by atoms with E-state index in [0.29, 0.717) is 12.5 Å². The molecule has 0 atom stereocenters. The molecule has 2 rings (SSSR count). The van der Waals surface area contributed by atoms with Gasteiger partial charge in [0.15, 0.2) is 0 Å². The second kappa shape index (κ2) is 7.01. The summed E-state index contributed by atoms with van der Waals surface area (Å²) in [5.41, 5.74) is 3.12. The minimum Gasteiger partial charge on any atom is -0.489 e. The molecule has 1 nitrogen and oxygen atoms in total. The molecule has 0 spiro atoms. The Balaban J connectivity index is 2.17. The van der Waals surface area contributed by atoms with Gasteiger partial charge in [0, 0.05) is 0 Å². The van der Waals surface area contributed by atoms with Crippen LogP contribution in [0.25, 0.3) is 0 Å². The van der Waals surface area contributed by atoms with Gasteiger partial charge in [0.25, 0.3) is 0 Å². The Kier molecular flexibility index (Phi) is 5.33. The Morgan fingerprint density at radius 2 is 1.50 bits per heavy atom. The molecule has 0 saturated carbocycles. The van der Waals surface area contributed by atoms with E-state index in [-0.39, 0.29) is 0 Å². The zero-order valence-corrected chi connectivity index (χ0v) is 13.2. The van der Waals surface area contributed by atoms with E-state index in [9.17, 15) is 0 Å². The lowest BCUT2D eigenvalue weighted by Gasteiger charge is -2.15. The van der Waals surface area contributed by atoms with Gasteiger partial charge in [0.05, 0.1) is 0 Å². The van der Waals surface area contributed by atoms with Crippen LogP contribution in [-0.4, -0.2) is 0 Å². The number of ether oxygens (including phenoxy) is 1. The predicted octanol–water partition coefficient (Wildman–Crippen LogP) is 5.87. The predicted molar refractivity (Wildman–Crippen MR) is 85.8 cm³/mol. The van der Waals surface area contributed by atoms with E-state index in [1.165, 1.54) is 5.56 Å². The summed E-state index contributed by atoms with van der Waals surface area (Å²) < 4.78 is 5.96. The molecule has 106 valence electrons. The van der Waals surface area contributed by atoms with Gasteiger partial charge in [-0.05, 0) is 28.7 Å². The molecule has 2 aromatic carbocycles. The lowest BCUT2D eigenvalue weighted by atomic mass is 10.0. The van der Waals surface area contributed by atoms with Crippen molar-refractivity contribution >= 4 is 23.2 Å². The molecule has 0 radical (unpaired) electrons. The molecule has 0 unspecified atom stereocenters. The zero-order chi connectivity index (χ0) is 14.5. The Morgan fingerprint density at radius 3 is 2.15 bits per heavy atom. The standard InChI is InChI=1S/C17H18Cl2O/c1-12(2)14-8-5-6-10-16(14)20-11-13-7-3-4-9-15(13)17(18)19/h3-10,12,17H,11H2,1-2H3. The van der Waals surface area contributed by atoms with Crippen molar-refractivity contribution in [3.05, 3.63) is 65.2 Å². The van der Waals surface area contributed by atoms with E-state index in [4.69, 9.17) is 27.9 Å². The summed E-state index contributed by atoms with van der Waals surface area (Å²) >= 11 is 12.0. The van der Waals surface area contributed by atoms with Crippen molar-refractivity contribution in [1.82, 2.24) is 0 Å². The molecule has 2 aromatic rings. The van der Waals surface area contributed by atoms with E-state index < -0.39 is 4.84 Å². The lowest BCUT2D eigenvalue weighted by molar-refractivity contribution is 0.301. The Hall–Kier alpha value is -1.18. The summed E-state index contributed by atoms with van der Waals surface area (Å²) in [6, 6.07) is 15.9. The highest BCUT2D eigenvalue weighted by atomic mass is 35.5. The normalized spacial score (nSPS) is 11.1. The fraction of sp³-hybridized carbons (Fsp3) is 0.294. The minimum atomic E-state index is -0.532. The Bertz CT molecular complexity index is 513. The number of hydrogen-bond acceptors (Lipinski definition) is 1. The fourth-order valence-corrected chi connectivity index (χ4v) is 2.55. The third-order valence-corrected chi connectivity index (χ3v) is 3.68. The van der Waals surface area contributed by atoms with Crippen molar-refractivity contribution in [3.8, 4) is 5.75 Å². The van der Waals surface area contributed by atoms with Gasteiger partial charge in [-0.2, -0.15) is 0 Å². The Morgan fingerprint density at radius 1 is 0.900 bits per heavy atom. The van der Waals surface area contributed by atoms with Gasteiger partial charge < -0.3 is 4.74 Å². The molecule has 0 amide bonds. The molecule has 0 aliphatic heterocycles. The molecular formula is C17H18Cl2O.